The van der Waals surface area contributed by atoms with Crippen LogP contribution in [0, 0.1) is 0 Å². The van der Waals surface area contributed by atoms with Crippen LogP contribution in [-0.4, -0.2) is 20.1 Å². The Hall–Kier alpha value is -2.69. The summed E-state index contributed by atoms with van der Waals surface area (Å²) in [6, 6.07) is 13.1. The van der Waals surface area contributed by atoms with Gasteiger partial charge in [0.25, 0.3) is 0 Å². The lowest BCUT2D eigenvalue weighted by molar-refractivity contribution is -0.121. The largest absolute Gasteiger partial charge is 0.493 e. The highest BCUT2D eigenvalue weighted by Crippen LogP contribution is 2.27. The topological polar surface area (TPSA) is 73.6 Å². The molecule has 0 bridgehead atoms. The molecule has 2 rings (SSSR count). The molecule has 122 valence electrons. The van der Waals surface area contributed by atoms with Gasteiger partial charge in [-0.15, -0.1) is 0 Å². The van der Waals surface area contributed by atoms with Crippen molar-refractivity contribution in [3.63, 3.8) is 0 Å². The van der Waals surface area contributed by atoms with Crippen LogP contribution in [0.15, 0.2) is 42.5 Å². The first-order chi connectivity index (χ1) is 11.1. The standard InChI is InChI=1S/C18H22N2O3/c1-22-16-9-5-13(11-17(16)23-2)6-10-18(21)20-12-14-3-7-15(19)8-4-14/h3-5,7-9,11H,6,10,12,19H2,1-2H3,(H,20,21). The van der Waals surface area contributed by atoms with Gasteiger partial charge in [-0.2, -0.15) is 0 Å². The fourth-order valence-electron chi connectivity index (χ4n) is 2.22. The van der Waals surface area contributed by atoms with Crippen LogP contribution in [0.4, 0.5) is 5.69 Å². The Morgan fingerprint density at radius 3 is 2.30 bits per heavy atom. The zero-order chi connectivity index (χ0) is 16.7. The minimum absolute atomic E-state index is 0.0107. The molecule has 2 aromatic rings. The Morgan fingerprint density at radius 1 is 1.00 bits per heavy atom. The summed E-state index contributed by atoms with van der Waals surface area (Å²) in [4.78, 5) is 11.9. The van der Waals surface area contributed by atoms with Gasteiger partial charge >= 0.3 is 0 Å². The first-order valence-corrected chi connectivity index (χ1v) is 7.44. The highest BCUT2D eigenvalue weighted by molar-refractivity contribution is 5.76. The SMILES string of the molecule is COc1ccc(CCC(=O)NCc2ccc(N)cc2)cc1OC. The van der Waals surface area contributed by atoms with Gasteiger partial charge in [-0.05, 0) is 41.8 Å². The average molecular weight is 314 g/mol. The lowest BCUT2D eigenvalue weighted by Crippen LogP contribution is -2.22. The zero-order valence-electron chi connectivity index (χ0n) is 13.5. The molecule has 2 aromatic carbocycles. The first-order valence-electron chi connectivity index (χ1n) is 7.44. The first kappa shape index (κ1) is 16.7. The van der Waals surface area contributed by atoms with E-state index in [0.29, 0.717) is 36.6 Å². The molecule has 0 atom stereocenters. The number of benzene rings is 2. The van der Waals surface area contributed by atoms with E-state index in [4.69, 9.17) is 15.2 Å². The number of hydrogen-bond acceptors (Lipinski definition) is 4. The van der Waals surface area contributed by atoms with Gasteiger partial charge in [0, 0.05) is 18.7 Å². The second-order valence-electron chi connectivity index (χ2n) is 5.21. The Bertz CT molecular complexity index is 654. The molecule has 0 aliphatic heterocycles. The average Bonchev–Trinajstić information content (AvgIpc) is 2.59. The quantitative estimate of drug-likeness (QED) is 0.770. The number of amides is 1. The van der Waals surface area contributed by atoms with E-state index in [2.05, 4.69) is 5.32 Å². The second-order valence-corrected chi connectivity index (χ2v) is 5.21. The molecule has 0 saturated carbocycles. The molecule has 0 heterocycles. The Labute approximate surface area is 136 Å². The molecular formula is C18H22N2O3. The smallest absolute Gasteiger partial charge is 0.220 e. The number of aryl methyl sites for hydroxylation is 1. The monoisotopic (exact) mass is 314 g/mol. The van der Waals surface area contributed by atoms with E-state index in [0.717, 1.165) is 11.1 Å². The van der Waals surface area contributed by atoms with Gasteiger partial charge in [0.15, 0.2) is 11.5 Å². The van der Waals surface area contributed by atoms with Crippen LogP contribution in [0.3, 0.4) is 0 Å². The number of nitrogens with one attached hydrogen (secondary N) is 1. The van der Waals surface area contributed by atoms with Gasteiger partial charge in [-0.25, -0.2) is 0 Å². The molecule has 0 radical (unpaired) electrons. The van der Waals surface area contributed by atoms with Crippen LogP contribution < -0.4 is 20.5 Å². The molecule has 0 saturated heterocycles. The van der Waals surface area contributed by atoms with Gasteiger partial charge < -0.3 is 20.5 Å². The Balaban J connectivity index is 1.83. The summed E-state index contributed by atoms with van der Waals surface area (Å²) in [5.74, 6) is 1.37. The van der Waals surface area contributed by atoms with Gasteiger partial charge in [-0.3, -0.25) is 4.79 Å². The molecular weight excluding hydrogens is 292 g/mol. The van der Waals surface area contributed by atoms with Crippen molar-refractivity contribution in [3.8, 4) is 11.5 Å². The van der Waals surface area contributed by atoms with Gasteiger partial charge in [0.05, 0.1) is 14.2 Å². The second kappa shape index (κ2) is 8.08. The number of carbonyl (C=O) groups excluding carboxylic acids is 1. The van der Waals surface area contributed by atoms with E-state index >= 15 is 0 Å². The van der Waals surface area contributed by atoms with Crippen molar-refractivity contribution in [2.24, 2.45) is 0 Å². The number of nitrogens with two attached hydrogens (primary N) is 1. The third kappa shape index (κ3) is 4.92. The summed E-state index contributed by atoms with van der Waals surface area (Å²) in [7, 11) is 3.20. The Kier molecular flexibility index (Phi) is 5.86. The van der Waals surface area contributed by atoms with E-state index in [1.807, 2.05) is 42.5 Å². The fourth-order valence-corrected chi connectivity index (χ4v) is 2.22. The van der Waals surface area contributed by atoms with Crippen LogP contribution in [0.1, 0.15) is 17.5 Å². The maximum Gasteiger partial charge on any atom is 0.220 e. The molecule has 0 unspecified atom stereocenters. The maximum absolute atomic E-state index is 11.9. The molecule has 23 heavy (non-hydrogen) atoms. The normalized spacial score (nSPS) is 10.2. The van der Waals surface area contributed by atoms with Crippen LogP contribution in [0.2, 0.25) is 0 Å². The number of methoxy groups -OCH3 is 2. The number of ether oxygens (including phenoxy) is 2. The maximum atomic E-state index is 11.9. The van der Waals surface area contributed by atoms with Crippen molar-refractivity contribution in [1.29, 1.82) is 0 Å². The van der Waals surface area contributed by atoms with Crippen LogP contribution in [0.5, 0.6) is 11.5 Å². The molecule has 0 fully saturated rings. The molecule has 0 spiro atoms. The minimum Gasteiger partial charge on any atom is -0.493 e. The summed E-state index contributed by atoms with van der Waals surface area (Å²) in [5.41, 5.74) is 8.41. The van der Waals surface area contributed by atoms with Crippen LogP contribution >= 0.6 is 0 Å². The summed E-state index contributed by atoms with van der Waals surface area (Å²) in [5, 5.41) is 2.90. The number of hydrogen-bond donors (Lipinski definition) is 2. The summed E-state index contributed by atoms with van der Waals surface area (Å²) < 4.78 is 10.5. The molecule has 5 heteroatoms. The van der Waals surface area contributed by atoms with E-state index in [1.54, 1.807) is 14.2 Å². The molecule has 3 N–H and O–H groups in total. The van der Waals surface area contributed by atoms with Crippen molar-refractivity contribution in [3.05, 3.63) is 53.6 Å². The van der Waals surface area contributed by atoms with E-state index < -0.39 is 0 Å². The lowest BCUT2D eigenvalue weighted by atomic mass is 10.1. The highest BCUT2D eigenvalue weighted by atomic mass is 16.5. The Morgan fingerprint density at radius 2 is 1.65 bits per heavy atom. The van der Waals surface area contributed by atoms with Crippen molar-refractivity contribution in [2.45, 2.75) is 19.4 Å². The predicted molar refractivity (Wildman–Crippen MR) is 90.6 cm³/mol. The van der Waals surface area contributed by atoms with E-state index in [9.17, 15) is 4.79 Å². The van der Waals surface area contributed by atoms with Gasteiger partial charge in [-0.1, -0.05) is 18.2 Å². The van der Waals surface area contributed by atoms with Gasteiger partial charge in [0.1, 0.15) is 0 Å². The number of rotatable bonds is 7. The summed E-state index contributed by atoms with van der Waals surface area (Å²) in [6.45, 7) is 0.505. The highest BCUT2D eigenvalue weighted by Gasteiger charge is 2.07. The van der Waals surface area contributed by atoms with Crippen LogP contribution in [-0.2, 0) is 17.8 Å². The lowest BCUT2D eigenvalue weighted by Gasteiger charge is -2.10. The third-order valence-corrected chi connectivity index (χ3v) is 3.56. The van der Waals surface area contributed by atoms with Crippen molar-refractivity contribution < 1.29 is 14.3 Å². The number of anilines is 1. The van der Waals surface area contributed by atoms with Crippen LogP contribution in [0.25, 0.3) is 0 Å². The molecule has 0 aliphatic rings. The summed E-state index contributed by atoms with van der Waals surface area (Å²) in [6.07, 6.45) is 1.07. The van der Waals surface area contributed by atoms with E-state index in [-0.39, 0.29) is 5.91 Å². The predicted octanol–water partition coefficient (Wildman–Crippen LogP) is 2.54. The van der Waals surface area contributed by atoms with Gasteiger partial charge in [0.2, 0.25) is 5.91 Å². The zero-order valence-corrected chi connectivity index (χ0v) is 13.5. The molecule has 0 aromatic heterocycles. The third-order valence-electron chi connectivity index (χ3n) is 3.56. The molecule has 0 aliphatic carbocycles. The van der Waals surface area contributed by atoms with Crippen molar-refractivity contribution in [1.82, 2.24) is 5.32 Å². The molecule has 5 nitrogen and oxygen atoms in total. The fraction of sp³-hybridized carbons (Fsp3) is 0.278. The van der Waals surface area contributed by atoms with Crippen molar-refractivity contribution in [2.75, 3.05) is 20.0 Å². The minimum atomic E-state index is 0.0107. The molecule has 1 amide bonds. The number of carbonyl (C=O) groups is 1. The van der Waals surface area contributed by atoms with E-state index in [1.165, 1.54) is 0 Å². The summed E-state index contributed by atoms with van der Waals surface area (Å²) >= 11 is 0. The van der Waals surface area contributed by atoms with Crippen molar-refractivity contribution >= 4 is 11.6 Å². The number of nitrogen functional groups attached to an aromatic ring is 1.